The monoisotopic (exact) mass is 370 g/mol. The first kappa shape index (κ1) is 18.1. The van der Waals surface area contributed by atoms with Crippen LogP contribution >= 0.6 is 0 Å². The predicted octanol–water partition coefficient (Wildman–Crippen LogP) is 1.26. The molecule has 3 heterocycles. The number of fused-ring (bicyclic) bond motifs is 1. The lowest BCUT2D eigenvalue weighted by Crippen LogP contribution is -2.41. The molecule has 1 amide bonds. The van der Waals surface area contributed by atoms with Gasteiger partial charge in [-0.1, -0.05) is 0 Å². The number of likely N-dealkylation sites (tertiary alicyclic amines) is 1. The van der Waals surface area contributed by atoms with Gasteiger partial charge in [-0.2, -0.15) is 0 Å². The zero-order valence-electron chi connectivity index (χ0n) is 15.8. The van der Waals surface area contributed by atoms with Crippen molar-refractivity contribution in [2.75, 3.05) is 39.3 Å². The number of hydrogen-bond acceptors (Lipinski definition) is 5. The van der Waals surface area contributed by atoms with Gasteiger partial charge in [0.2, 0.25) is 0 Å². The molecule has 2 aliphatic heterocycles. The lowest BCUT2D eigenvalue weighted by Gasteiger charge is -2.27. The van der Waals surface area contributed by atoms with E-state index in [9.17, 15) is 9.59 Å². The van der Waals surface area contributed by atoms with Crippen molar-refractivity contribution in [3.8, 4) is 0 Å². The van der Waals surface area contributed by atoms with E-state index in [0.29, 0.717) is 36.2 Å². The van der Waals surface area contributed by atoms with E-state index in [-0.39, 0.29) is 17.6 Å². The molecular weight excluding hydrogens is 344 g/mol. The number of hydrogen-bond donors (Lipinski definition) is 0. The standard InChI is InChI=1S/C20H26N4O3/c1-22-14-21-18-11-15(5-6-17(18)20(22)26)19(25)24-9-4-10-27-16(13-24)12-23-7-2-3-8-23/h5-6,11,14,16H,2-4,7-10,12-13H2,1H3/t16-/m0/s1. The molecule has 2 aliphatic rings. The second-order valence-corrected chi connectivity index (χ2v) is 7.50. The number of ether oxygens (including phenoxy) is 1. The summed E-state index contributed by atoms with van der Waals surface area (Å²) in [6, 6.07) is 5.16. The fourth-order valence-corrected chi connectivity index (χ4v) is 3.97. The summed E-state index contributed by atoms with van der Waals surface area (Å²) in [5.41, 5.74) is 1.03. The molecule has 0 spiro atoms. The number of amides is 1. The minimum Gasteiger partial charge on any atom is -0.375 e. The number of carbonyl (C=O) groups is 1. The fourth-order valence-electron chi connectivity index (χ4n) is 3.97. The topological polar surface area (TPSA) is 67.7 Å². The van der Waals surface area contributed by atoms with E-state index in [1.807, 2.05) is 4.90 Å². The van der Waals surface area contributed by atoms with Gasteiger partial charge >= 0.3 is 0 Å². The molecule has 7 nitrogen and oxygen atoms in total. The van der Waals surface area contributed by atoms with Gasteiger partial charge < -0.3 is 19.1 Å². The summed E-state index contributed by atoms with van der Waals surface area (Å²) in [5.74, 6) is -0.0173. The predicted molar refractivity (Wildman–Crippen MR) is 103 cm³/mol. The molecule has 0 saturated carbocycles. The van der Waals surface area contributed by atoms with Crippen molar-refractivity contribution >= 4 is 16.8 Å². The Kier molecular flexibility index (Phi) is 5.22. The average molecular weight is 370 g/mol. The van der Waals surface area contributed by atoms with E-state index >= 15 is 0 Å². The second-order valence-electron chi connectivity index (χ2n) is 7.50. The van der Waals surface area contributed by atoms with Crippen LogP contribution in [0.1, 0.15) is 29.6 Å². The van der Waals surface area contributed by atoms with E-state index in [1.54, 1.807) is 25.2 Å². The molecule has 2 aromatic rings. The summed E-state index contributed by atoms with van der Waals surface area (Å²) in [6.45, 7) is 5.13. The Morgan fingerprint density at radius 3 is 2.85 bits per heavy atom. The van der Waals surface area contributed by atoms with Gasteiger partial charge in [-0.15, -0.1) is 0 Å². The first-order valence-electron chi connectivity index (χ1n) is 9.70. The van der Waals surface area contributed by atoms with Crippen LogP contribution in [0.25, 0.3) is 10.9 Å². The third kappa shape index (κ3) is 3.89. The Balaban J connectivity index is 1.52. The molecular formula is C20H26N4O3. The van der Waals surface area contributed by atoms with Crippen molar-refractivity contribution in [3.05, 3.63) is 40.4 Å². The van der Waals surface area contributed by atoms with Gasteiger partial charge in [0.15, 0.2) is 0 Å². The molecule has 0 unspecified atom stereocenters. The quantitative estimate of drug-likeness (QED) is 0.814. The number of aromatic nitrogens is 2. The van der Waals surface area contributed by atoms with Gasteiger partial charge in [0.1, 0.15) is 0 Å². The zero-order chi connectivity index (χ0) is 18.8. The van der Waals surface area contributed by atoms with Gasteiger partial charge in [-0.05, 0) is 50.6 Å². The highest BCUT2D eigenvalue weighted by molar-refractivity contribution is 5.97. The molecule has 0 radical (unpaired) electrons. The van der Waals surface area contributed by atoms with E-state index in [0.717, 1.165) is 26.1 Å². The first-order valence-corrected chi connectivity index (χ1v) is 9.70. The van der Waals surface area contributed by atoms with E-state index < -0.39 is 0 Å². The molecule has 7 heteroatoms. The molecule has 0 N–H and O–H groups in total. The van der Waals surface area contributed by atoms with Crippen LogP contribution in [0.15, 0.2) is 29.3 Å². The van der Waals surface area contributed by atoms with Crippen LogP contribution in [0.5, 0.6) is 0 Å². The van der Waals surface area contributed by atoms with Crippen LogP contribution in [0.2, 0.25) is 0 Å². The molecule has 1 aromatic heterocycles. The molecule has 4 rings (SSSR count). The highest BCUT2D eigenvalue weighted by Crippen LogP contribution is 2.16. The van der Waals surface area contributed by atoms with Crippen molar-refractivity contribution in [3.63, 3.8) is 0 Å². The van der Waals surface area contributed by atoms with Gasteiger partial charge in [0.25, 0.3) is 11.5 Å². The minimum absolute atomic E-state index is 0.0173. The minimum atomic E-state index is -0.104. The van der Waals surface area contributed by atoms with Gasteiger partial charge in [0, 0.05) is 38.9 Å². The lowest BCUT2D eigenvalue weighted by molar-refractivity contribution is 0.0297. The van der Waals surface area contributed by atoms with Crippen LogP contribution in [-0.2, 0) is 11.8 Å². The van der Waals surface area contributed by atoms with Gasteiger partial charge in [0.05, 0.1) is 23.3 Å². The lowest BCUT2D eigenvalue weighted by atomic mass is 10.1. The Hall–Kier alpha value is -2.25. The number of carbonyl (C=O) groups excluding carboxylic acids is 1. The average Bonchev–Trinajstić information content (AvgIpc) is 3.08. The molecule has 144 valence electrons. The summed E-state index contributed by atoms with van der Waals surface area (Å²) in [5, 5.41) is 0.530. The Labute approximate surface area is 158 Å². The third-order valence-corrected chi connectivity index (χ3v) is 5.46. The summed E-state index contributed by atoms with van der Waals surface area (Å²) in [4.78, 5) is 33.8. The van der Waals surface area contributed by atoms with Gasteiger partial charge in [-0.3, -0.25) is 9.59 Å². The smallest absolute Gasteiger partial charge is 0.260 e. The molecule has 0 aliphatic carbocycles. The van der Waals surface area contributed by atoms with Crippen LogP contribution in [0.3, 0.4) is 0 Å². The number of rotatable bonds is 3. The largest absolute Gasteiger partial charge is 0.375 e. The van der Waals surface area contributed by atoms with Crippen molar-refractivity contribution in [1.82, 2.24) is 19.4 Å². The van der Waals surface area contributed by atoms with Crippen LogP contribution in [0, 0.1) is 0 Å². The van der Waals surface area contributed by atoms with Crippen molar-refractivity contribution in [1.29, 1.82) is 0 Å². The van der Waals surface area contributed by atoms with Gasteiger partial charge in [-0.25, -0.2) is 4.98 Å². The Bertz CT molecular complexity index is 888. The number of nitrogens with zero attached hydrogens (tertiary/aromatic N) is 4. The highest BCUT2D eigenvalue weighted by Gasteiger charge is 2.26. The Morgan fingerprint density at radius 2 is 2.04 bits per heavy atom. The molecule has 27 heavy (non-hydrogen) atoms. The summed E-state index contributed by atoms with van der Waals surface area (Å²) < 4.78 is 7.43. The Morgan fingerprint density at radius 1 is 1.22 bits per heavy atom. The molecule has 1 aromatic carbocycles. The van der Waals surface area contributed by atoms with Crippen molar-refractivity contribution < 1.29 is 9.53 Å². The molecule has 1 atom stereocenters. The van der Waals surface area contributed by atoms with Crippen molar-refractivity contribution in [2.24, 2.45) is 7.05 Å². The highest BCUT2D eigenvalue weighted by atomic mass is 16.5. The fraction of sp³-hybridized carbons (Fsp3) is 0.550. The number of benzene rings is 1. The van der Waals surface area contributed by atoms with E-state index in [4.69, 9.17) is 4.74 Å². The molecule has 2 saturated heterocycles. The summed E-state index contributed by atoms with van der Waals surface area (Å²) in [7, 11) is 1.67. The SMILES string of the molecule is Cn1cnc2cc(C(=O)N3CCCO[C@@H](CN4CCCC4)C3)ccc2c1=O. The summed E-state index contributed by atoms with van der Waals surface area (Å²) in [6.07, 6.45) is 4.89. The first-order chi connectivity index (χ1) is 13.1. The van der Waals surface area contributed by atoms with E-state index in [2.05, 4.69) is 9.88 Å². The van der Waals surface area contributed by atoms with E-state index in [1.165, 1.54) is 23.7 Å². The third-order valence-electron chi connectivity index (χ3n) is 5.46. The van der Waals surface area contributed by atoms with Crippen molar-refractivity contribution in [2.45, 2.75) is 25.4 Å². The zero-order valence-corrected chi connectivity index (χ0v) is 15.8. The van der Waals surface area contributed by atoms with Crippen LogP contribution < -0.4 is 5.56 Å². The maximum atomic E-state index is 13.1. The maximum absolute atomic E-state index is 13.1. The van der Waals surface area contributed by atoms with Crippen LogP contribution in [-0.4, -0.2) is 70.7 Å². The normalized spacial score (nSPS) is 21.5. The number of aryl methyl sites for hydroxylation is 1. The van der Waals surface area contributed by atoms with Crippen LogP contribution in [0.4, 0.5) is 0 Å². The molecule has 2 fully saturated rings. The summed E-state index contributed by atoms with van der Waals surface area (Å²) >= 11 is 0. The maximum Gasteiger partial charge on any atom is 0.260 e. The second kappa shape index (κ2) is 7.78. The molecule has 0 bridgehead atoms.